The molecule has 0 saturated carbocycles. The summed E-state index contributed by atoms with van der Waals surface area (Å²) in [5.41, 5.74) is 4.70. The van der Waals surface area contributed by atoms with Crippen molar-refractivity contribution in [1.29, 1.82) is 0 Å². The second kappa shape index (κ2) is 4.49. The third kappa shape index (κ3) is 2.39. The molecule has 84 valence electrons. The van der Waals surface area contributed by atoms with Gasteiger partial charge in [0.25, 0.3) is 0 Å². The predicted molar refractivity (Wildman–Crippen MR) is 61.9 cm³/mol. The highest BCUT2D eigenvalue weighted by molar-refractivity contribution is 6.00. The Morgan fingerprint density at radius 3 is 2.20 bits per heavy atom. The lowest BCUT2D eigenvalue weighted by molar-refractivity contribution is 0.502. The van der Waals surface area contributed by atoms with E-state index in [1.165, 1.54) is 0 Å². The largest absolute Gasteiger partial charge is 0.466 e. The van der Waals surface area contributed by atoms with Crippen molar-refractivity contribution in [3.05, 3.63) is 22.6 Å². The number of amidine groups is 1. The molecule has 4 nitrogen and oxygen atoms in total. The summed E-state index contributed by atoms with van der Waals surface area (Å²) in [7, 11) is 0. The average molecular weight is 209 g/mol. The molecule has 0 aliphatic rings. The Kier molecular flexibility index (Phi) is 3.52. The fraction of sp³-hybridized carbons (Fsp3) is 0.545. The molecule has 0 amide bonds. The van der Waals surface area contributed by atoms with Crippen molar-refractivity contribution in [1.82, 2.24) is 5.43 Å². The minimum atomic E-state index is 0.199. The Balaban J connectivity index is 3.24. The summed E-state index contributed by atoms with van der Waals surface area (Å²) >= 11 is 0. The minimum absolute atomic E-state index is 0.199. The van der Waals surface area contributed by atoms with Crippen LogP contribution in [0.3, 0.4) is 0 Å². The van der Waals surface area contributed by atoms with E-state index >= 15 is 0 Å². The predicted octanol–water partition coefficient (Wildman–Crippen LogP) is 1.82. The molecule has 0 fully saturated rings. The first kappa shape index (κ1) is 11.8. The van der Waals surface area contributed by atoms with Crippen LogP contribution < -0.4 is 11.3 Å². The molecular weight excluding hydrogens is 190 g/mol. The van der Waals surface area contributed by atoms with Crippen LogP contribution >= 0.6 is 0 Å². The van der Waals surface area contributed by atoms with Gasteiger partial charge >= 0.3 is 0 Å². The molecule has 0 saturated heterocycles. The van der Waals surface area contributed by atoms with Crippen molar-refractivity contribution in [3.63, 3.8) is 0 Å². The first-order chi connectivity index (χ1) is 6.97. The maximum absolute atomic E-state index is 5.53. The number of nitrogens with one attached hydrogen (secondary N) is 1. The van der Waals surface area contributed by atoms with E-state index in [1.807, 2.05) is 34.6 Å². The van der Waals surface area contributed by atoms with E-state index in [-0.39, 0.29) is 6.04 Å². The lowest BCUT2D eigenvalue weighted by Gasteiger charge is -2.07. The Bertz CT molecular complexity index is 377. The second-order valence-corrected chi connectivity index (χ2v) is 3.93. The standard InChI is InChI=1S/C11H19N3O/c1-6(2)13-11(14-12)10-7(3)8(4)15-9(10)5/h6H,12H2,1-5H3,(H,13,14). The number of hydrogen-bond acceptors (Lipinski definition) is 3. The van der Waals surface area contributed by atoms with Gasteiger partial charge < -0.3 is 9.84 Å². The number of hydrazine groups is 1. The van der Waals surface area contributed by atoms with E-state index in [4.69, 9.17) is 10.3 Å². The Hall–Kier alpha value is -1.29. The maximum atomic E-state index is 5.53. The highest BCUT2D eigenvalue weighted by atomic mass is 16.3. The van der Waals surface area contributed by atoms with Crippen molar-refractivity contribution < 1.29 is 4.42 Å². The highest BCUT2D eigenvalue weighted by Gasteiger charge is 2.16. The molecule has 1 aromatic heterocycles. The zero-order valence-electron chi connectivity index (χ0n) is 10.0. The van der Waals surface area contributed by atoms with Gasteiger partial charge in [0, 0.05) is 11.6 Å². The zero-order chi connectivity index (χ0) is 11.6. The van der Waals surface area contributed by atoms with Gasteiger partial charge in [-0.25, -0.2) is 5.84 Å². The average Bonchev–Trinajstić information content (AvgIpc) is 2.38. The summed E-state index contributed by atoms with van der Waals surface area (Å²) in [5.74, 6) is 7.93. The molecular formula is C11H19N3O. The van der Waals surface area contributed by atoms with E-state index in [0.717, 1.165) is 22.6 Å². The van der Waals surface area contributed by atoms with E-state index in [2.05, 4.69) is 10.4 Å². The molecule has 0 aliphatic heterocycles. The summed E-state index contributed by atoms with van der Waals surface area (Å²) in [6.45, 7) is 9.89. The number of aliphatic imine (C=N–C) groups is 1. The molecule has 0 spiro atoms. The monoisotopic (exact) mass is 209 g/mol. The van der Waals surface area contributed by atoms with Gasteiger partial charge in [-0.15, -0.1) is 0 Å². The van der Waals surface area contributed by atoms with E-state index in [9.17, 15) is 0 Å². The molecule has 1 aromatic rings. The first-order valence-corrected chi connectivity index (χ1v) is 5.08. The lowest BCUT2D eigenvalue weighted by atomic mass is 10.1. The Morgan fingerprint density at radius 1 is 1.27 bits per heavy atom. The first-order valence-electron chi connectivity index (χ1n) is 5.08. The van der Waals surface area contributed by atoms with Crippen LogP contribution in [0.25, 0.3) is 0 Å². The van der Waals surface area contributed by atoms with Gasteiger partial charge in [0.2, 0.25) is 0 Å². The van der Waals surface area contributed by atoms with E-state index in [0.29, 0.717) is 5.84 Å². The minimum Gasteiger partial charge on any atom is -0.466 e. The van der Waals surface area contributed by atoms with Crippen LogP contribution in [0.1, 0.15) is 36.5 Å². The second-order valence-electron chi connectivity index (χ2n) is 3.93. The number of nitrogens with zero attached hydrogens (tertiary/aromatic N) is 1. The molecule has 1 heterocycles. The maximum Gasteiger partial charge on any atom is 0.146 e. The lowest BCUT2D eigenvalue weighted by Crippen LogP contribution is -2.32. The molecule has 4 heteroatoms. The van der Waals surface area contributed by atoms with Crippen molar-refractivity contribution in [3.8, 4) is 0 Å². The SMILES string of the molecule is Cc1oc(C)c(C(=NC(C)C)NN)c1C. The number of nitrogens with two attached hydrogens (primary N) is 1. The van der Waals surface area contributed by atoms with Crippen molar-refractivity contribution in [2.24, 2.45) is 10.8 Å². The summed E-state index contributed by atoms with van der Waals surface area (Å²) < 4.78 is 5.53. The third-order valence-corrected chi connectivity index (χ3v) is 2.32. The zero-order valence-corrected chi connectivity index (χ0v) is 10.0. The van der Waals surface area contributed by atoms with Gasteiger partial charge in [-0.1, -0.05) is 0 Å². The van der Waals surface area contributed by atoms with Crippen LogP contribution in [-0.2, 0) is 0 Å². The quantitative estimate of drug-likeness (QED) is 0.338. The van der Waals surface area contributed by atoms with Gasteiger partial charge in [0.15, 0.2) is 0 Å². The van der Waals surface area contributed by atoms with E-state index in [1.54, 1.807) is 0 Å². The smallest absolute Gasteiger partial charge is 0.146 e. The molecule has 0 atom stereocenters. The van der Waals surface area contributed by atoms with Gasteiger partial charge in [0.1, 0.15) is 17.4 Å². The highest BCUT2D eigenvalue weighted by Crippen LogP contribution is 2.20. The van der Waals surface area contributed by atoms with Crippen molar-refractivity contribution >= 4 is 5.84 Å². The van der Waals surface area contributed by atoms with Crippen LogP contribution in [0.2, 0.25) is 0 Å². The normalized spacial score (nSPS) is 12.3. The fourth-order valence-corrected chi connectivity index (χ4v) is 1.57. The van der Waals surface area contributed by atoms with Crippen molar-refractivity contribution in [2.75, 3.05) is 0 Å². The molecule has 0 radical (unpaired) electrons. The molecule has 0 aliphatic carbocycles. The number of rotatable bonds is 2. The van der Waals surface area contributed by atoms with Gasteiger partial charge in [-0.3, -0.25) is 4.99 Å². The topological polar surface area (TPSA) is 63.5 Å². The third-order valence-electron chi connectivity index (χ3n) is 2.32. The van der Waals surface area contributed by atoms with Crippen molar-refractivity contribution in [2.45, 2.75) is 40.7 Å². The number of hydrogen-bond donors (Lipinski definition) is 2. The molecule has 3 N–H and O–H groups in total. The van der Waals surface area contributed by atoms with Crippen LogP contribution in [0, 0.1) is 20.8 Å². The molecule has 0 unspecified atom stereocenters. The molecule has 0 aromatic carbocycles. The molecule has 1 rings (SSSR count). The van der Waals surface area contributed by atoms with Crippen LogP contribution in [0.15, 0.2) is 9.41 Å². The number of furan rings is 1. The van der Waals surface area contributed by atoms with Crippen LogP contribution in [-0.4, -0.2) is 11.9 Å². The van der Waals surface area contributed by atoms with Gasteiger partial charge in [-0.2, -0.15) is 0 Å². The summed E-state index contributed by atoms with van der Waals surface area (Å²) in [5, 5.41) is 0. The van der Waals surface area contributed by atoms with Crippen LogP contribution in [0.5, 0.6) is 0 Å². The Labute approximate surface area is 90.5 Å². The van der Waals surface area contributed by atoms with E-state index < -0.39 is 0 Å². The summed E-state index contributed by atoms with van der Waals surface area (Å²) in [6, 6.07) is 0.199. The molecule has 15 heavy (non-hydrogen) atoms. The van der Waals surface area contributed by atoms with Gasteiger partial charge in [0.05, 0.1) is 5.56 Å². The summed E-state index contributed by atoms with van der Waals surface area (Å²) in [4.78, 5) is 4.42. The Morgan fingerprint density at radius 2 is 1.87 bits per heavy atom. The summed E-state index contributed by atoms with van der Waals surface area (Å²) in [6.07, 6.45) is 0. The van der Waals surface area contributed by atoms with Gasteiger partial charge in [-0.05, 0) is 34.6 Å². The molecule has 0 bridgehead atoms. The number of aryl methyl sites for hydroxylation is 2. The fourth-order valence-electron chi connectivity index (χ4n) is 1.57. The van der Waals surface area contributed by atoms with Crippen LogP contribution in [0.4, 0.5) is 0 Å².